The minimum absolute atomic E-state index is 0.00681. The lowest BCUT2D eigenvalue weighted by atomic mass is 10.1. The summed E-state index contributed by atoms with van der Waals surface area (Å²) in [5, 5.41) is 6.08. The van der Waals surface area contributed by atoms with Gasteiger partial charge in [-0.25, -0.2) is 0 Å². The molecule has 0 saturated heterocycles. The van der Waals surface area contributed by atoms with E-state index in [1.165, 1.54) is 11.8 Å². The average molecular weight is 329 g/mol. The van der Waals surface area contributed by atoms with E-state index in [1.54, 1.807) is 0 Å². The van der Waals surface area contributed by atoms with E-state index in [2.05, 4.69) is 10.6 Å². The van der Waals surface area contributed by atoms with Gasteiger partial charge >= 0.3 is 0 Å². The zero-order valence-electron chi connectivity index (χ0n) is 12.5. The van der Waals surface area contributed by atoms with Crippen molar-refractivity contribution >= 4 is 35.2 Å². The molecule has 0 unspecified atom stereocenters. The van der Waals surface area contributed by atoms with Crippen LogP contribution in [0.3, 0.4) is 0 Å². The van der Waals surface area contributed by atoms with Crippen molar-refractivity contribution in [1.29, 1.82) is 0 Å². The lowest BCUT2D eigenvalue weighted by Crippen LogP contribution is -2.45. The first-order valence-electron chi connectivity index (χ1n) is 6.73. The summed E-state index contributed by atoms with van der Waals surface area (Å²) in [6, 6.07) is 7.51. The molecule has 0 saturated carbocycles. The molecule has 0 spiro atoms. The van der Waals surface area contributed by atoms with E-state index in [9.17, 15) is 9.59 Å². The van der Waals surface area contributed by atoms with Gasteiger partial charge in [0.2, 0.25) is 11.8 Å². The van der Waals surface area contributed by atoms with E-state index in [1.807, 2.05) is 45.0 Å². The molecule has 0 radical (unpaired) electrons. The number of rotatable bonds is 6. The number of nitrogens with one attached hydrogen (secondary N) is 2. The standard InChI is InChI=1S/C15H21ClN2O2S/c1-15(2,3)18-14(20)10-17-13(19)8-9-21-12-7-5-4-6-11(12)16/h4-7H,8-10H2,1-3H3,(H,17,19)(H,18,20). The van der Waals surface area contributed by atoms with Gasteiger partial charge < -0.3 is 10.6 Å². The van der Waals surface area contributed by atoms with Crippen molar-refractivity contribution in [3.63, 3.8) is 0 Å². The van der Waals surface area contributed by atoms with E-state index >= 15 is 0 Å². The maximum Gasteiger partial charge on any atom is 0.239 e. The zero-order valence-corrected chi connectivity index (χ0v) is 14.1. The number of carbonyl (C=O) groups excluding carboxylic acids is 2. The number of carbonyl (C=O) groups is 2. The topological polar surface area (TPSA) is 58.2 Å². The molecule has 0 fully saturated rings. The SMILES string of the molecule is CC(C)(C)NC(=O)CNC(=O)CCSc1ccccc1Cl. The number of hydrogen-bond donors (Lipinski definition) is 2. The highest BCUT2D eigenvalue weighted by atomic mass is 35.5. The van der Waals surface area contributed by atoms with Crippen LogP contribution in [0.1, 0.15) is 27.2 Å². The molecule has 0 bridgehead atoms. The summed E-state index contributed by atoms with van der Waals surface area (Å²) in [5.74, 6) is 0.296. The Hall–Kier alpha value is -1.20. The predicted molar refractivity (Wildman–Crippen MR) is 87.7 cm³/mol. The van der Waals surface area contributed by atoms with Crippen molar-refractivity contribution in [1.82, 2.24) is 10.6 Å². The number of amides is 2. The van der Waals surface area contributed by atoms with Crippen molar-refractivity contribution in [3.05, 3.63) is 29.3 Å². The minimum Gasteiger partial charge on any atom is -0.350 e. The van der Waals surface area contributed by atoms with E-state index in [0.29, 0.717) is 17.2 Å². The van der Waals surface area contributed by atoms with Crippen molar-refractivity contribution < 1.29 is 9.59 Å². The molecule has 0 atom stereocenters. The average Bonchev–Trinajstić information content (AvgIpc) is 2.37. The third-order valence-electron chi connectivity index (χ3n) is 2.38. The normalized spacial score (nSPS) is 11.0. The monoisotopic (exact) mass is 328 g/mol. The van der Waals surface area contributed by atoms with Crippen molar-refractivity contribution in [2.24, 2.45) is 0 Å². The van der Waals surface area contributed by atoms with E-state index in [4.69, 9.17) is 11.6 Å². The highest BCUT2D eigenvalue weighted by Gasteiger charge is 2.14. The summed E-state index contributed by atoms with van der Waals surface area (Å²) in [4.78, 5) is 24.2. The Labute approximate surface area is 135 Å². The Bertz CT molecular complexity index is 501. The Balaban J connectivity index is 2.23. The fraction of sp³-hybridized carbons (Fsp3) is 0.467. The second kappa shape index (κ2) is 8.29. The van der Waals surface area contributed by atoms with Gasteiger partial charge in [0.1, 0.15) is 0 Å². The number of halogens is 1. The number of thioether (sulfide) groups is 1. The fourth-order valence-corrected chi connectivity index (χ4v) is 2.73. The second-order valence-electron chi connectivity index (χ2n) is 5.60. The molecule has 2 N–H and O–H groups in total. The molecule has 21 heavy (non-hydrogen) atoms. The molecule has 0 aliphatic heterocycles. The van der Waals surface area contributed by atoms with Gasteiger partial charge in [-0.1, -0.05) is 23.7 Å². The fourth-order valence-electron chi connectivity index (χ4n) is 1.55. The van der Waals surface area contributed by atoms with Crippen LogP contribution < -0.4 is 10.6 Å². The summed E-state index contributed by atoms with van der Waals surface area (Å²) in [5.41, 5.74) is -0.290. The predicted octanol–water partition coefficient (Wildman–Crippen LogP) is 2.85. The Morgan fingerprint density at radius 1 is 1.19 bits per heavy atom. The Morgan fingerprint density at radius 2 is 1.86 bits per heavy atom. The third-order valence-corrected chi connectivity index (χ3v) is 3.90. The van der Waals surface area contributed by atoms with Crippen LogP contribution in [0.4, 0.5) is 0 Å². The van der Waals surface area contributed by atoms with E-state index in [-0.39, 0.29) is 23.9 Å². The largest absolute Gasteiger partial charge is 0.350 e. The lowest BCUT2D eigenvalue weighted by Gasteiger charge is -2.20. The maximum absolute atomic E-state index is 11.7. The van der Waals surface area contributed by atoms with Crippen LogP contribution in [0.15, 0.2) is 29.2 Å². The van der Waals surface area contributed by atoms with Gasteiger partial charge in [-0.2, -0.15) is 0 Å². The summed E-state index contributed by atoms with van der Waals surface area (Å²) in [6.45, 7) is 5.69. The molecule has 1 rings (SSSR count). The van der Waals surface area contributed by atoms with E-state index < -0.39 is 0 Å². The van der Waals surface area contributed by atoms with Gasteiger partial charge in [0, 0.05) is 22.6 Å². The van der Waals surface area contributed by atoms with Crippen molar-refractivity contribution in [2.45, 2.75) is 37.6 Å². The number of benzene rings is 1. The quantitative estimate of drug-likeness (QED) is 0.789. The van der Waals surface area contributed by atoms with Gasteiger partial charge in [0.15, 0.2) is 0 Å². The summed E-state index contributed by atoms with van der Waals surface area (Å²) < 4.78 is 0. The molecule has 0 aliphatic rings. The third kappa shape index (κ3) is 7.97. The van der Waals surface area contributed by atoms with Gasteiger partial charge in [0.05, 0.1) is 11.6 Å². The van der Waals surface area contributed by atoms with Crippen LogP contribution >= 0.6 is 23.4 Å². The second-order valence-corrected chi connectivity index (χ2v) is 7.15. The summed E-state index contributed by atoms with van der Waals surface area (Å²) in [7, 11) is 0. The smallest absolute Gasteiger partial charge is 0.239 e. The molecule has 116 valence electrons. The van der Waals surface area contributed by atoms with Gasteiger partial charge in [0.25, 0.3) is 0 Å². The zero-order chi connectivity index (χ0) is 15.9. The van der Waals surface area contributed by atoms with Crippen LogP contribution in [0, 0.1) is 0 Å². The molecule has 2 amide bonds. The van der Waals surface area contributed by atoms with Crippen LogP contribution in [-0.2, 0) is 9.59 Å². The molecule has 6 heteroatoms. The van der Waals surface area contributed by atoms with Gasteiger partial charge in [-0.15, -0.1) is 11.8 Å². The van der Waals surface area contributed by atoms with E-state index in [0.717, 1.165) is 4.90 Å². The number of hydrogen-bond acceptors (Lipinski definition) is 3. The van der Waals surface area contributed by atoms with Crippen molar-refractivity contribution in [2.75, 3.05) is 12.3 Å². The van der Waals surface area contributed by atoms with Gasteiger partial charge in [-0.3, -0.25) is 9.59 Å². The first kappa shape index (κ1) is 17.9. The van der Waals surface area contributed by atoms with Crippen LogP contribution in [0.2, 0.25) is 5.02 Å². The van der Waals surface area contributed by atoms with Crippen LogP contribution in [-0.4, -0.2) is 29.7 Å². The highest BCUT2D eigenvalue weighted by Crippen LogP contribution is 2.26. The van der Waals surface area contributed by atoms with Crippen LogP contribution in [0.25, 0.3) is 0 Å². The maximum atomic E-state index is 11.7. The minimum atomic E-state index is -0.290. The summed E-state index contributed by atoms with van der Waals surface area (Å²) in [6.07, 6.45) is 0.346. The molecule has 0 aromatic heterocycles. The van der Waals surface area contributed by atoms with Gasteiger partial charge in [-0.05, 0) is 32.9 Å². The van der Waals surface area contributed by atoms with Crippen molar-refractivity contribution in [3.8, 4) is 0 Å². The summed E-state index contributed by atoms with van der Waals surface area (Å²) >= 11 is 7.56. The Morgan fingerprint density at radius 3 is 2.48 bits per heavy atom. The first-order valence-corrected chi connectivity index (χ1v) is 8.09. The molecule has 1 aromatic rings. The Kier molecular flexibility index (Phi) is 7.05. The molecule has 0 heterocycles. The molecular weight excluding hydrogens is 308 g/mol. The highest BCUT2D eigenvalue weighted by molar-refractivity contribution is 7.99. The lowest BCUT2D eigenvalue weighted by molar-refractivity contribution is -0.126. The molecular formula is C15H21ClN2O2S. The molecule has 4 nitrogen and oxygen atoms in total. The van der Waals surface area contributed by atoms with Crippen LogP contribution in [0.5, 0.6) is 0 Å². The molecule has 0 aliphatic carbocycles. The molecule has 1 aromatic carbocycles. The first-order chi connectivity index (χ1) is 9.78.